The smallest absolute Gasteiger partial charge is 0.340 e. The van der Waals surface area contributed by atoms with Crippen LogP contribution in [0.25, 0.3) is 0 Å². The second-order valence-corrected chi connectivity index (χ2v) is 5.60. The summed E-state index contributed by atoms with van der Waals surface area (Å²) in [6.45, 7) is 1.33. The summed E-state index contributed by atoms with van der Waals surface area (Å²) in [5.74, 6) is -2.90. The van der Waals surface area contributed by atoms with Gasteiger partial charge in [-0.25, -0.2) is 13.6 Å². The first-order chi connectivity index (χ1) is 11.3. The lowest BCUT2D eigenvalue weighted by molar-refractivity contribution is -0.123. The monoisotopic (exact) mass is 373 g/mol. The van der Waals surface area contributed by atoms with Crippen LogP contribution in [0, 0.1) is 11.6 Å². The second-order valence-electron chi connectivity index (χ2n) is 4.79. The van der Waals surface area contributed by atoms with E-state index >= 15 is 0 Å². The Balaban J connectivity index is 2.04. The molecule has 0 radical (unpaired) electrons. The summed E-state index contributed by atoms with van der Waals surface area (Å²) in [4.78, 5) is 24.0. The Kier molecular flexibility index (Phi) is 5.75. The third kappa shape index (κ3) is 4.43. The van der Waals surface area contributed by atoms with Crippen molar-refractivity contribution in [3.05, 3.63) is 63.6 Å². The average Bonchev–Trinajstić information content (AvgIpc) is 2.52. The predicted octanol–water partition coefficient (Wildman–Crippen LogP) is 4.46. The van der Waals surface area contributed by atoms with Crippen molar-refractivity contribution >= 4 is 40.8 Å². The van der Waals surface area contributed by atoms with Crippen molar-refractivity contribution in [3.8, 4) is 0 Å². The quantitative estimate of drug-likeness (QED) is 0.635. The molecule has 0 fully saturated rings. The van der Waals surface area contributed by atoms with Crippen molar-refractivity contribution in [2.75, 3.05) is 5.32 Å². The minimum Gasteiger partial charge on any atom is -0.449 e. The van der Waals surface area contributed by atoms with Gasteiger partial charge in [-0.3, -0.25) is 4.79 Å². The summed E-state index contributed by atoms with van der Waals surface area (Å²) >= 11 is 11.4. The minimum atomic E-state index is -1.18. The molecule has 1 amide bonds. The number of benzene rings is 2. The van der Waals surface area contributed by atoms with Gasteiger partial charge in [-0.15, -0.1) is 0 Å². The number of anilines is 1. The zero-order chi connectivity index (χ0) is 17.9. The molecule has 0 heterocycles. The van der Waals surface area contributed by atoms with E-state index < -0.39 is 29.6 Å². The van der Waals surface area contributed by atoms with Crippen molar-refractivity contribution in [1.82, 2.24) is 0 Å². The lowest BCUT2D eigenvalue weighted by atomic mass is 10.2. The molecule has 0 saturated heterocycles. The lowest BCUT2D eigenvalue weighted by Gasteiger charge is -2.14. The van der Waals surface area contributed by atoms with Gasteiger partial charge in [0.15, 0.2) is 6.10 Å². The standard InChI is InChI=1S/C16H11Cl2F2NO3/c1-8(15(22)21-10-4-2-9(19)3-5-10)24-16(23)11-6-14(20)13(18)7-12(11)17/h2-8H,1H3,(H,21,22)/t8-/m1/s1. The molecule has 126 valence electrons. The van der Waals surface area contributed by atoms with Crippen LogP contribution in [0.4, 0.5) is 14.5 Å². The fourth-order valence-corrected chi connectivity index (χ4v) is 2.19. The highest BCUT2D eigenvalue weighted by molar-refractivity contribution is 6.36. The lowest BCUT2D eigenvalue weighted by Crippen LogP contribution is -2.30. The maximum absolute atomic E-state index is 13.4. The summed E-state index contributed by atoms with van der Waals surface area (Å²) in [6, 6.07) is 6.95. The summed E-state index contributed by atoms with van der Waals surface area (Å²) in [5, 5.41) is 2.11. The number of esters is 1. The molecule has 2 aromatic carbocycles. The number of ether oxygens (including phenoxy) is 1. The van der Waals surface area contributed by atoms with E-state index in [0.29, 0.717) is 5.69 Å². The van der Waals surface area contributed by atoms with Crippen LogP contribution in [0.15, 0.2) is 36.4 Å². The van der Waals surface area contributed by atoms with Gasteiger partial charge >= 0.3 is 5.97 Å². The highest BCUT2D eigenvalue weighted by atomic mass is 35.5. The topological polar surface area (TPSA) is 55.4 Å². The fourth-order valence-electron chi connectivity index (χ4n) is 1.73. The second kappa shape index (κ2) is 7.59. The molecular weight excluding hydrogens is 363 g/mol. The predicted molar refractivity (Wildman–Crippen MR) is 86.3 cm³/mol. The van der Waals surface area contributed by atoms with E-state index in [1.165, 1.54) is 31.2 Å². The Morgan fingerprint density at radius 3 is 2.33 bits per heavy atom. The molecule has 1 atom stereocenters. The number of rotatable bonds is 4. The van der Waals surface area contributed by atoms with Crippen LogP contribution >= 0.6 is 23.2 Å². The fraction of sp³-hybridized carbons (Fsp3) is 0.125. The Morgan fingerprint density at radius 1 is 1.08 bits per heavy atom. The van der Waals surface area contributed by atoms with Crippen LogP contribution < -0.4 is 5.32 Å². The van der Waals surface area contributed by atoms with E-state index in [-0.39, 0.29) is 15.6 Å². The molecule has 2 rings (SSSR count). The number of halogens is 4. The van der Waals surface area contributed by atoms with Crippen LogP contribution in [-0.4, -0.2) is 18.0 Å². The van der Waals surface area contributed by atoms with Crippen LogP contribution in [-0.2, 0) is 9.53 Å². The molecule has 24 heavy (non-hydrogen) atoms. The van der Waals surface area contributed by atoms with Gasteiger partial charge in [-0.2, -0.15) is 0 Å². The number of nitrogens with one attached hydrogen (secondary N) is 1. The number of hydrogen-bond acceptors (Lipinski definition) is 3. The molecule has 0 bridgehead atoms. The largest absolute Gasteiger partial charge is 0.449 e. The highest BCUT2D eigenvalue weighted by Gasteiger charge is 2.22. The molecule has 0 spiro atoms. The molecule has 8 heteroatoms. The molecule has 2 aromatic rings. The van der Waals surface area contributed by atoms with Gasteiger partial charge in [0.1, 0.15) is 11.6 Å². The molecule has 0 unspecified atom stereocenters. The van der Waals surface area contributed by atoms with Gasteiger partial charge in [-0.05, 0) is 43.3 Å². The van der Waals surface area contributed by atoms with Crippen molar-refractivity contribution in [2.24, 2.45) is 0 Å². The molecule has 0 saturated carbocycles. The van der Waals surface area contributed by atoms with Crippen molar-refractivity contribution in [1.29, 1.82) is 0 Å². The number of amides is 1. The molecular formula is C16H11Cl2F2NO3. The van der Waals surface area contributed by atoms with E-state index in [1.807, 2.05) is 0 Å². The highest BCUT2D eigenvalue weighted by Crippen LogP contribution is 2.25. The minimum absolute atomic E-state index is 0.0995. The van der Waals surface area contributed by atoms with Crippen molar-refractivity contribution in [2.45, 2.75) is 13.0 Å². The van der Waals surface area contributed by atoms with Gasteiger partial charge < -0.3 is 10.1 Å². The first-order valence-electron chi connectivity index (χ1n) is 6.70. The van der Waals surface area contributed by atoms with Gasteiger partial charge in [0.25, 0.3) is 5.91 Å². The van der Waals surface area contributed by atoms with Crippen LogP contribution in [0.2, 0.25) is 10.0 Å². The number of carbonyl (C=O) groups excluding carboxylic acids is 2. The average molecular weight is 374 g/mol. The van der Waals surface area contributed by atoms with Crippen LogP contribution in [0.3, 0.4) is 0 Å². The Hall–Kier alpha value is -2.18. The molecule has 0 aliphatic rings. The summed E-state index contributed by atoms with van der Waals surface area (Å²) in [6.07, 6.45) is -1.18. The Morgan fingerprint density at radius 2 is 1.71 bits per heavy atom. The molecule has 4 nitrogen and oxygen atoms in total. The van der Waals surface area contributed by atoms with Crippen molar-refractivity contribution in [3.63, 3.8) is 0 Å². The molecule has 1 N–H and O–H groups in total. The zero-order valence-electron chi connectivity index (χ0n) is 12.3. The number of carbonyl (C=O) groups is 2. The van der Waals surface area contributed by atoms with E-state index in [0.717, 1.165) is 12.1 Å². The van der Waals surface area contributed by atoms with Gasteiger partial charge in [0.2, 0.25) is 0 Å². The van der Waals surface area contributed by atoms with Crippen LogP contribution in [0.5, 0.6) is 0 Å². The maximum Gasteiger partial charge on any atom is 0.340 e. The molecule has 0 aromatic heterocycles. The van der Waals surface area contributed by atoms with Gasteiger partial charge in [-0.1, -0.05) is 23.2 Å². The first-order valence-corrected chi connectivity index (χ1v) is 7.45. The first kappa shape index (κ1) is 18.2. The van der Waals surface area contributed by atoms with E-state index in [1.54, 1.807) is 0 Å². The third-order valence-electron chi connectivity index (χ3n) is 2.99. The van der Waals surface area contributed by atoms with E-state index in [9.17, 15) is 18.4 Å². The summed E-state index contributed by atoms with van der Waals surface area (Å²) in [5.41, 5.74) is 0.0832. The molecule has 0 aliphatic heterocycles. The normalized spacial score (nSPS) is 11.7. The Bertz CT molecular complexity index is 782. The van der Waals surface area contributed by atoms with E-state index in [4.69, 9.17) is 27.9 Å². The SMILES string of the molecule is C[C@@H](OC(=O)c1cc(F)c(Cl)cc1Cl)C(=O)Nc1ccc(F)cc1. The number of hydrogen-bond donors (Lipinski definition) is 1. The summed E-state index contributed by atoms with van der Waals surface area (Å²) < 4.78 is 31.2. The Labute approximate surface area is 146 Å². The molecule has 0 aliphatic carbocycles. The van der Waals surface area contributed by atoms with E-state index in [2.05, 4.69) is 5.32 Å². The van der Waals surface area contributed by atoms with Crippen molar-refractivity contribution < 1.29 is 23.1 Å². The third-order valence-corrected chi connectivity index (χ3v) is 3.60. The van der Waals surface area contributed by atoms with Crippen LogP contribution in [0.1, 0.15) is 17.3 Å². The zero-order valence-corrected chi connectivity index (χ0v) is 13.8. The van der Waals surface area contributed by atoms with Gasteiger partial charge in [0, 0.05) is 5.69 Å². The summed E-state index contributed by atoms with van der Waals surface area (Å²) in [7, 11) is 0. The van der Waals surface area contributed by atoms with Gasteiger partial charge in [0.05, 0.1) is 15.6 Å². The maximum atomic E-state index is 13.4.